The number of halogens is 1. The van der Waals surface area contributed by atoms with E-state index in [9.17, 15) is 4.39 Å². The van der Waals surface area contributed by atoms with E-state index >= 15 is 0 Å². The maximum absolute atomic E-state index is 13.5. The largest absolute Gasteiger partial charge is 0.473 e. The van der Waals surface area contributed by atoms with Crippen molar-refractivity contribution < 1.29 is 9.13 Å². The Labute approximate surface area is 137 Å². The Hall–Kier alpha value is -2.05. The number of piperidine rings is 1. The minimum Gasteiger partial charge on any atom is -0.473 e. The first-order valence-corrected chi connectivity index (χ1v) is 8.55. The van der Waals surface area contributed by atoms with E-state index in [-0.39, 0.29) is 11.9 Å². The van der Waals surface area contributed by atoms with Gasteiger partial charge in [-0.2, -0.15) is 0 Å². The molecular formula is C17H16FN3OS. The standard InChI is InChI=1S/C17H16FN3OS/c18-12-3-1-2-11(8-12)14-9-23-16-15(14)20-10-21-17(16)22-13-4-6-19-7-5-13/h1-3,8-10,13,19H,4-7H2. The molecule has 1 aromatic carbocycles. The van der Waals surface area contributed by atoms with E-state index in [1.165, 1.54) is 18.5 Å². The number of thiophene rings is 1. The first-order valence-electron chi connectivity index (χ1n) is 7.67. The fraction of sp³-hybridized carbons (Fsp3) is 0.294. The molecule has 0 atom stereocenters. The number of hydrogen-bond donors (Lipinski definition) is 1. The van der Waals surface area contributed by atoms with E-state index in [4.69, 9.17) is 4.74 Å². The number of benzene rings is 1. The van der Waals surface area contributed by atoms with Crippen molar-refractivity contribution in [1.82, 2.24) is 15.3 Å². The molecule has 4 nitrogen and oxygen atoms in total. The van der Waals surface area contributed by atoms with E-state index in [0.717, 1.165) is 47.3 Å². The van der Waals surface area contributed by atoms with Crippen LogP contribution in [0.2, 0.25) is 0 Å². The summed E-state index contributed by atoms with van der Waals surface area (Å²) in [7, 11) is 0. The molecule has 0 radical (unpaired) electrons. The summed E-state index contributed by atoms with van der Waals surface area (Å²) in [6, 6.07) is 6.57. The minimum atomic E-state index is -0.248. The summed E-state index contributed by atoms with van der Waals surface area (Å²) < 4.78 is 20.5. The molecule has 118 valence electrons. The third-order valence-electron chi connectivity index (χ3n) is 4.02. The smallest absolute Gasteiger partial charge is 0.235 e. The van der Waals surface area contributed by atoms with Gasteiger partial charge in [0.1, 0.15) is 22.9 Å². The van der Waals surface area contributed by atoms with Crippen molar-refractivity contribution in [3.8, 4) is 17.0 Å². The Morgan fingerprint density at radius 2 is 2.09 bits per heavy atom. The third-order valence-corrected chi connectivity index (χ3v) is 4.98. The van der Waals surface area contributed by atoms with Crippen LogP contribution in [0.15, 0.2) is 36.0 Å². The van der Waals surface area contributed by atoms with Crippen LogP contribution in [-0.4, -0.2) is 29.2 Å². The molecule has 1 saturated heterocycles. The lowest BCUT2D eigenvalue weighted by molar-refractivity contribution is 0.158. The molecule has 1 N–H and O–H groups in total. The van der Waals surface area contributed by atoms with Crippen LogP contribution in [0.4, 0.5) is 4.39 Å². The van der Waals surface area contributed by atoms with Crippen LogP contribution in [0.5, 0.6) is 5.88 Å². The van der Waals surface area contributed by atoms with Crippen molar-refractivity contribution in [2.24, 2.45) is 0 Å². The van der Waals surface area contributed by atoms with E-state index in [2.05, 4.69) is 15.3 Å². The van der Waals surface area contributed by atoms with Gasteiger partial charge in [-0.1, -0.05) is 12.1 Å². The molecule has 0 saturated carbocycles. The Kier molecular flexibility index (Phi) is 3.93. The topological polar surface area (TPSA) is 47.0 Å². The molecule has 0 spiro atoms. The highest BCUT2D eigenvalue weighted by Gasteiger charge is 2.19. The molecule has 3 aromatic rings. The van der Waals surface area contributed by atoms with Crippen LogP contribution in [0.25, 0.3) is 21.3 Å². The maximum Gasteiger partial charge on any atom is 0.235 e. The van der Waals surface area contributed by atoms with Crippen LogP contribution in [0.1, 0.15) is 12.8 Å². The zero-order valence-electron chi connectivity index (χ0n) is 12.5. The van der Waals surface area contributed by atoms with Gasteiger partial charge in [0.05, 0.1) is 5.52 Å². The SMILES string of the molecule is Fc1cccc(-c2csc3c(OC4CCNCC4)ncnc23)c1. The van der Waals surface area contributed by atoms with Crippen molar-refractivity contribution in [3.63, 3.8) is 0 Å². The summed E-state index contributed by atoms with van der Waals surface area (Å²) in [4.78, 5) is 8.69. The molecule has 1 fully saturated rings. The van der Waals surface area contributed by atoms with Gasteiger partial charge in [-0.25, -0.2) is 14.4 Å². The lowest BCUT2D eigenvalue weighted by Gasteiger charge is -2.23. The molecule has 4 rings (SSSR count). The van der Waals surface area contributed by atoms with Gasteiger partial charge >= 0.3 is 0 Å². The molecule has 0 aliphatic carbocycles. The first kappa shape index (κ1) is 14.5. The molecule has 1 aliphatic heterocycles. The summed E-state index contributed by atoms with van der Waals surface area (Å²) in [6.07, 6.45) is 3.67. The van der Waals surface area contributed by atoms with Crippen LogP contribution in [-0.2, 0) is 0 Å². The molecule has 0 amide bonds. The highest BCUT2D eigenvalue weighted by atomic mass is 32.1. The Bertz CT molecular complexity index is 830. The number of hydrogen-bond acceptors (Lipinski definition) is 5. The molecule has 0 bridgehead atoms. The Morgan fingerprint density at radius 1 is 1.22 bits per heavy atom. The Morgan fingerprint density at radius 3 is 2.91 bits per heavy atom. The van der Waals surface area contributed by atoms with Crippen molar-refractivity contribution in [2.75, 3.05) is 13.1 Å². The summed E-state index contributed by atoms with van der Waals surface area (Å²) in [5.41, 5.74) is 2.56. The summed E-state index contributed by atoms with van der Waals surface area (Å²) in [6.45, 7) is 1.94. The molecule has 0 unspecified atom stereocenters. The van der Waals surface area contributed by atoms with Crippen molar-refractivity contribution in [2.45, 2.75) is 18.9 Å². The lowest BCUT2D eigenvalue weighted by atomic mass is 10.1. The molecular weight excluding hydrogens is 313 g/mol. The average Bonchev–Trinajstić information content (AvgIpc) is 3.01. The van der Waals surface area contributed by atoms with Crippen LogP contribution >= 0.6 is 11.3 Å². The van der Waals surface area contributed by atoms with Gasteiger partial charge in [0.15, 0.2) is 0 Å². The van der Waals surface area contributed by atoms with Crippen LogP contribution in [0.3, 0.4) is 0 Å². The molecule has 3 heterocycles. The second-order valence-electron chi connectivity index (χ2n) is 5.58. The number of nitrogens with zero attached hydrogens (tertiary/aromatic N) is 2. The van der Waals surface area contributed by atoms with E-state index in [0.29, 0.717) is 5.88 Å². The van der Waals surface area contributed by atoms with Gasteiger partial charge in [-0.3, -0.25) is 0 Å². The summed E-state index contributed by atoms with van der Waals surface area (Å²) in [5.74, 6) is 0.386. The van der Waals surface area contributed by atoms with Gasteiger partial charge in [0, 0.05) is 10.9 Å². The summed E-state index contributed by atoms with van der Waals surface area (Å²) in [5, 5.41) is 5.31. The average molecular weight is 329 g/mol. The number of aromatic nitrogens is 2. The second kappa shape index (κ2) is 6.22. The van der Waals surface area contributed by atoms with Gasteiger partial charge in [0.2, 0.25) is 5.88 Å². The third kappa shape index (κ3) is 2.92. The fourth-order valence-corrected chi connectivity index (χ4v) is 3.80. The van der Waals surface area contributed by atoms with Gasteiger partial charge in [-0.05, 0) is 43.6 Å². The predicted molar refractivity (Wildman–Crippen MR) is 89.3 cm³/mol. The number of fused-ring (bicyclic) bond motifs is 1. The van der Waals surface area contributed by atoms with Crippen molar-refractivity contribution in [3.05, 3.63) is 41.8 Å². The number of nitrogens with one attached hydrogen (secondary N) is 1. The lowest BCUT2D eigenvalue weighted by Crippen LogP contribution is -2.34. The normalized spacial score (nSPS) is 15.9. The zero-order chi connectivity index (χ0) is 15.6. The molecule has 2 aromatic heterocycles. The van der Waals surface area contributed by atoms with Gasteiger partial charge < -0.3 is 10.1 Å². The van der Waals surface area contributed by atoms with Crippen molar-refractivity contribution in [1.29, 1.82) is 0 Å². The highest BCUT2D eigenvalue weighted by Crippen LogP contribution is 2.37. The molecule has 1 aliphatic rings. The van der Waals surface area contributed by atoms with Gasteiger partial charge in [-0.15, -0.1) is 11.3 Å². The van der Waals surface area contributed by atoms with E-state index in [1.807, 2.05) is 11.4 Å². The van der Waals surface area contributed by atoms with Crippen LogP contribution in [0, 0.1) is 5.82 Å². The van der Waals surface area contributed by atoms with Gasteiger partial charge in [0.25, 0.3) is 0 Å². The molecule has 6 heteroatoms. The fourth-order valence-electron chi connectivity index (χ4n) is 2.85. The number of ether oxygens (including phenoxy) is 1. The minimum absolute atomic E-state index is 0.189. The highest BCUT2D eigenvalue weighted by molar-refractivity contribution is 7.18. The Balaban J connectivity index is 1.71. The second-order valence-corrected chi connectivity index (χ2v) is 6.46. The van der Waals surface area contributed by atoms with E-state index < -0.39 is 0 Å². The number of rotatable bonds is 3. The van der Waals surface area contributed by atoms with Crippen LogP contribution < -0.4 is 10.1 Å². The van der Waals surface area contributed by atoms with Crippen molar-refractivity contribution >= 4 is 21.6 Å². The maximum atomic E-state index is 13.5. The quantitative estimate of drug-likeness (QED) is 0.797. The first-order chi connectivity index (χ1) is 11.3. The monoisotopic (exact) mass is 329 g/mol. The summed E-state index contributed by atoms with van der Waals surface area (Å²) >= 11 is 1.54. The van der Waals surface area contributed by atoms with E-state index in [1.54, 1.807) is 17.4 Å². The molecule has 23 heavy (non-hydrogen) atoms. The predicted octanol–water partition coefficient (Wildman–Crippen LogP) is 3.63. The zero-order valence-corrected chi connectivity index (χ0v) is 13.3.